The molecule has 4 aromatic rings. The summed E-state index contributed by atoms with van der Waals surface area (Å²) in [5, 5.41) is 0. The third-order valence-electron chi connectivity index (χ3n) is 4.17. The molecule has 0 amide bonds. The Labute approximate surface area is 127 Å². The second kappa shape index (κ2) is 4.40. The fraction of sp³-hybridized carbons (Fsp3) is 0.176. The van der Waals surface area contributed by atoms with E-state index >= 15 is 0 Å². The van der Waals surface area contributed by atoms with Gasteiger partial charge in [0, 0.05) is 0 Å². The summed E-state index contributed by atoms with van der Waals surface area (Å²) in [6.45, 7) is 2.16. The maximum atomic E-state index is 4.60. The molecular formula is C17H16N3S+. The van der Waals surface area contributed by atoms with Gasteiger partial charge in [0.1, 0.15) is 0 Å². The van der Waals surface area contributed by atoms with E-state index in [2.05, 4.69) is 71.5 Å². The van der Waals surface area contributed by atoms with Crippen LogP contribution in [0, 0.1) is 6.92 Å². The maximum Gasteiger partial charge on any atom is 0.291 e. The highest BCUT2D eigenvalue weighted by Crippen LogP contribution is 2.32. The fourth-order valence-electron chi connectivity index (χ4n) is 3.13. The van der Waals surface area contributed by atoms with Gasteiger partial charge in [0.05, 0.1) is 35.4 Å². The van der Waals surface area contributed by atoms with Crippen LogP contribution in [0.4, 0.5) is 0 Å². The minimum Gasteiger partial charge on any atom is -0.244 e. The van der Waals surface area contributed by atoms with Crippen LogP contribution in [0.2, 0.25) is 0 Å². The van der Waals surface area contributed by atoms with Crippen LogP contribution < -0.4 is 4.57 Å². The van der Waals surface area contributed by atoms with Gasteiger partial charge in [-0.25, -0.2) is 14.1 Å². The Kier molecular flexibility index (Phi) is 2.62. The molecule has 0 unspecified atom stereocenters. The molecule has 2 aromatic heterocycles. The Morgan fingerprint density at radius 1 is 1.14 bits per heavy atom. The quantitative estimate of drug-likeness (QED) is 0.492. The monoisotopic (exact) mass is 294 g/mol. The number of nitrogens with zero attached hydrogens (tertiary/aromatic N) is 3. The zero-order valence-electron chi connectivity index (χ0n) is 12.3. The van der Waals surface area contributed by atoms with Gasteiger partial charge in [-0.3, -0.25) is 0 Å². The van der Waals surface area contributed by atoms with Crippen LogP contribution in [0.3, 0.4) is 0 Å². The Balaban J connectivity index is 2.19. The van der Waals surface area contributed by atoms with Crippen molar-refractivity contribution in [2.75, 3.05) is 0 Å². The molecule has 4 rings (SSSR count). The summed E-state index contributed by atoms with van der Waals surface area (Å²) in [7, 11) is 4.25. The Bertz CT molecular complexity index is 939. The predicted octanol–water partition coefficient (Wildman–Crippen LogP) is 3.59. The Morgan fingerprint density at radius 2 is 1.95 bits per heavy atom. The van der Waals surface area contributed by atoms with Gasteiger partial charge in [0.2, 0.25) is 0 Å². The minimum absolute atomic E-state index is 1.10. The zero-order chi connectivity index (χ0) is 14.6. The number of imidazole rings is 1. The zero-order valence-corrected chi connectivity index (χ0v) is 13.1. The lowest BCUT2D eigenvalue weighted by molar-refractivity contribution is -0.634. The summed E-state index contributed by atoms with van der Waals surface area (Å²) in [5.41, 5.74) is 7.99. The maximum absolute atomic E-state index is 4.60. The van der Waals surface area contributed by atoms with Gasteiger partial charge >= 0.3 is 0 Å². The number of hydrogen-bond acceptors (Lipinski definition) is 2. The van der Waals surface area contributed by atoms with Crippen LogP contribution in [0.1, 0.15) is 5.56 Å². The summed E-state index contributed by atoms with van der Waals surface area (Å²) in [6, 6.07) is 12.8. The van der Waals surface area contributed by atoms with Crippen molar-refractivity contribution < 1.29 is 4.57 Å². The SMILES string of the molecule is Cc1ccc2scnc2c1-c1n(C)c2ccccc2[n+]1C. The highest BCUT2D eigenvalue weighted by Gasteiger charge is 2.25. The summed E-state index contributed by atoms with van der Waals surface area (Å²) < 4.78 is 5.76. The number of aromatic nitrogens is 3. The predicted molar refractivity (Wildman–Crippen MR) is 87.4 cm³/mol. The van der Waals surface area contributed by atoms with Crippen LogP contribution in [-0.4, -0.2) is 9.55 Å². The molecule has 0 saturated carbocycles. The molecule has 3 nitrogen and oxygen atoms in total. The van der Waals surface area contributed by atoms with E-state index in [0.29, 0.717) is 0 Å². The number of thiazole rings is 1. The third kappa shape index (κ3) is 1.66. The number of rotatable bonds is 1. The van der Waals surface area contributed by atoms with Crippen molar-refractivity contribution in [3.05, 3.63) is 47.5 Å². The van der Waals surface area contributed by atoms with E-state index in [1.807, 2.05) is 5.51 Å². The van der Waals surface area contributed by atoms with E-state index in [-0.39, 0.29) is 0 Å². The van der Waals surface area contributed by atoms with Crippen molar-refractivity contribution in [3.63, 3.8) is 0 Å². The largest absolute Gasteiger partial charge is 0.291 e. The molecule has 0 atom stereocenters. The summed E-state index contributed by atoms with van der Waals surface area (Å²) in [6.07, 6.45) is 0. The van der Waals surface area contributed by atoms with Gasteiger partial charge < -0.3 is 0 Å². The molecule has 0 bridgehead atoms. The molecule has 104 valence electrons. The standard InChI is InChI=1S/C17H16N3S/c1-11-8-9-14-16(18-10-21-14)15(11)17-19(2)12-6-4-5-7-13(12)20(17)3/h4-10H,1-3H3/q+1. The van der Waals surface area contributed by atoms with Crippen molar-refractivity contribution >= 4 is 32.6 Å². The second-order valence-electron chi connectivity index (χ2n) is 5.39. The molecule has 0 aliphatic carbocycles. The smallest absolute Gasteiger partial charge is 0.244 e. The molecule has 0 radical (unpaired) electrons. The van der Waals surface area contributed by atoms with E-state index in [9.17, 15) is 0 Å². The molecule has 0 aliphatic heterocycles. The number of benzene rings is 2. The van der Waals surface area contributed by atoms with Gasteiger partial charge in [-0.05, 0) is 30.7 Å². The van der Waals surface area contributed by atoms with Crippen LogP contribution in [-0.2, 0) is 14.1 Å². The molecule has 0 aliphatic rings. The highest BCUT2D eigenvalue weighted by atomic mass is 32.1. The molecule has 4 heteroatoms. The lowest BCUT2D eigenvalue weighted by Gasteiger charge is -2.04. The first kappa shape index (κ1) is 12.5. The highest BCUT2D eigenvalue weighted by molar-refractivity contribution is 7.16. The minimum atomic E-state index is 1.10. The first-order chi connectivity index (χ1) is 10.2. The summed E-state index contributed by atoms with van der Waals surface area (Å²) >= 11 is 1.69. The van der Waals surface area contributed by atoms with Crippen LogP contribution in [0.15, 0.2) is 41.9 Å². The van der Waals surface area contributed by atoms with E-state index < -0.39 is 0 Å². The van der Waals surface area contributed by atoms with Gasteiger partial charge in [0.15, 0.2) is 11.0 Å². The first-order valence-electron chi connectivity index (χ1n) is 6.95. The number of para-hydroxylation sites is 2. The van der Waals surface area contributed by atoms with Gasteiger partial charge in [-0.1, -0.05) is 18.2 Å². The van der Waals surface area contributed by atoms with E-state index in [1.165, 1.54) is 32.7 Å². The average molecular weight is 294 g/mol. The second-order valence-corrected chi connectivity index (χ2v) is 6.27. The van der Waals surface area contributed by atoms with Crippen LogP contribution >= 0.6 is 11.3 Å². The molecule has 0 N–H and O–H groups in total. The lowest BCUT2D eigenvalue weighted by Crippen LogP contribution is -2.30. The average Bonchev–Trinajstić information content (AvgIpc) is 3.06. The molecular weight excluding hydrogens is 278 g/mol. The first-order valence-corrected chi connectivity index (χ1v) is 7.83. The Morgan fingerprint density at radius 3 is 2.76 bits per heavy atom. The fourth-order valence-corrected chi connectivity index (χ4v) is 3.82. The van der Waals surface area contributed by atoms with E-state index in [0.717, 1.165) is 5.52 Å². The van der Waals surface area contributed by atoms with Crippen LogP contribution in [0.25, 0.3) is 32.6 Å². The topological polar surface area (TPSA) is 21.7 Å². The Hall–Kier alpha value is -2.20. The molecule has 0 saturated heterocycles. The van der Waals surface area contributed by atoms with Crippen molar-refractivity contribution in [1.29, 1.82) is 0 Å². The molecule has 21 heavy (non-hydrogen) atoms. The van der Waals surface area contributed by atoms with Crippen molar-refractivity contribution in [2.24, 2.45) is 14.1 Å². The molecule has 0 spiro atoms. The molecule has 2 aromatic carbocycles. The number of fused-ring (bicyclic) bond motifs is 2. The van der Waals surface area contributed by atoms with Crippen molar-refractivity contribution in [1.82, 2.24) is 9.55 Å². The number of aryl methyl sites for hydroxylation is 3. The summed E-state index contributed by atoms with van der Waals surface area (Å²) in [5.74, 6) is 1.20. The van der Waals surface area contributed by atoms with E-state index in [4.69, 9.17) is 0 Å². The van der Waals surface area contributed by atoms with Gasteiger partial charge in [0.25, 0.3) is 5.82 Å². The third-order valence-corrected chi connectivity index (χ3v) is 4.97. The molecule has 0 fully saturated rings. The van der Waals surface area contributed by atoms with Crippen molar-refractivity contribution in [2.45, 2.75) is 6.92 Å². The van der Waals surface area contributed by atoms with Gasteiger partial charge in [-0.2, -0.15) is 0 Å². The van der Waals surface area contributed by atoms with Gasteiger partial charge in [-0.15, -0.1) is 11.3 Å². The van der Waals surface area contributed by atoms with E-state index in [1.54, 1.807) is 11.3 Å². The lowest BCUT2D eigenvalue weighted by atomic mass is 10.1. The molecule has 2 heterocycles. The van der Waals surface area contributed by atoms with Crippen molar-refractivity contribution in [3.8, 4) is 11.4 Å². The van der Waals surface area contributed by atoms with Crippen LogP contribution in [0.5, 0.6) is 0 Å². The summed E-state index contributed by atoms with van der Waals surface area (Å²) in [4.78, 5) is 4.60. The normalized spacial score (nSPS) is 11.6. The number of hydrogen-bond donors (Lipinski definition) is 0.